The third kappa shape index (κ3) is 4.05. The molecule has 126 valence electrons. The Morgan fingerprint density at radius 1 is 1.29 bits per heavy atom. The van der Waals surface area contributed by atoms with Crippen molar-refractivity contribution >= 4 is 35.2 Å². The summed E-state index contributed by atoms with van der Waals surface area (Å²) in [6.07, 6.45) is 0. The molecule has 0 saturated carbocycles. The Labute approximate surface area is 154 Å². The maximum atomic E-state index is 5.98. The topological polar surface area (TPSA) is 46.1 Å². The van der Waals surface area contributed by atoms with Gasteiger partial charge in [0.25, 0.3) is 0 Å². The second-order valence-corrected chi connectivity index (χ2v) is 7.54. The van der Waals surface area contributed by atoms with Gasteiger partial charge >= 0.3 is 0 Å². The van der Waals surface area contributed by atoms with Gasteiger partial charge in [0.1, 0.15) is 5.75 Å². The molecule has 0 spiro atoms. The Morgan fingerprint density at radius 3 is 2.67 bits per heavy atom. The van der Waals surface area contributed by atoms with Crippen LogP contribution >= 0.6 is 35.2 Å². The number of benzene rings is 1. The van der Waals surface area contributed by atoms with Gasteiger partial charge in [0.05, 0.1) is 18.1 Å². The smallest absolute Gasteiger partial charge is 0.217 e. The maximum Gasteiger partial charge on any atom is 0.217 e. The van der Waals surface area contributed by atoms with E-state index in [2.05, 4.69) is 15.0 Å². The van der Waals surface area contributed by atoms with E-state index in [1.807, 2.05) is 48.1 Å². The number of thiophene rings is 1. The summed E-state index contributed by atoms with van der Waals surface area (Å²) in [4.78, 5) is 7.80. The normalized spacial score (nSPS) is 11.2. The van der Waals surface area contributed by atoms with E-state index in [4.69, 9.17) is 28.6 Å². The molecule has 3 aromatic rings. The van der Waals surface area contributed by atoms with Gasteiger partial charge in [-0.2, -0.15) is 4.98 Å². The van der Waals surface area contributed by atoms with Gasteiger partial charge in [0, 0.05) is 17.0 Å². The highest BCUT2D eigenvalue weighted by Crippen LogP contribution is 2.23. The zero-order chi connectivity index (χ0) is 17.1. The van der Waals surface area contributed by atoms with E-state index in [9.17, 15) is 0 Å². The molecule has 0 atom stereocenters. The van der Waals surface area contributed by atoms with Crippen LogP contribution in [-0.4, -0.2) is 33.8 Å². The van der Waals surface area contributed by atoms with Crippen molar-refractivity contribution in [3.8, 4) is 17.1 Å². The van der Waals surface area contributed by atoms with Gasteiger partial charge in [-0.05, 0) is 55.7 Å². The molecule has 0 bridgehead atoms. The minimum absolute atomic E-state index is 0.525. The van der Waals surface area contributed by atoms with Crippen molar-refractivity contribution in [2.45, 2.75) is 13.2 Å². The number of aromatic amines is 1. The van der Waals surface area contributed by atoms with Gasteiger partial charge in [0.15, 0.2) is 5.82 Å². The first-order chi connectivity index (χ1) is 11.5. The van der Waals surface area contributed by atoms with Crippen LogP contribution in [0.5, 0.6) is 5.75 Å². The van der Waals surface area contributed by atoms with Crippen molar-refractivity contribution < 1.29 is 4.74 Å². The van der Waals surface area contributed by atoms with Crippen LogP contribution in [0.3, 0.4) is 0 Å². The van der Waals surface area contributed by atoms with E-state index in [0.29, 0.717) is 11.4 Å². The zero-order valence-corrected chi connectivity index (χ0v) is 15.7. The summed E-state index contributed by atoms with van der Waals surface area (Å²) in [5, 5.41) is 3.25. The number of hydrogen-bond donors (Lipinski definition) is 1. The third-order valence-electron chi connectivity index (χ3n) is 3.48. The highest BCUT2D eigenvalue weighted by atomic mass is 35.5. The molecule has 1 N–H and O–H groups in total. The fourth-order valence-electron chi connectivity index (χ4n) is 2.32. The summed E-state index contributed by atoms with van der Waals surface area (Å²) < 4.78 is 8.35. The number of H-pyrrole nitrogens is 1. The lowest BCUT2D eigenvalue weighted by Gasteiger charge is -2.15. The number of rotatable bonds is 6. The number of methoxy groups -OCH3 is 1. The fourth-order valence-corrected chi connectivity index (χ4v) is 3.69. The first-order valence-corrected chi connectivity index (χ1v) is 8.89. The number of ether oxygens (including phenoxy) is 1. The van der Waals surface area contributed by atoms with Gasteiger partial charge in [-0.3, -0.25) is 10.00 Å². The van der Waals surface area contributed by atoms with Crippen LogP contribution in [0.1, 0.15) is 4.88 Å². The summed E-state index contributed by atoms with van der Waals surface area (Å²) in [7, 11) is 3.68. The molecular formula is C16H17ClN4OS2. The molecule has 5 nitrogen and oxygen atoms in total. The highest BCUT2D eigenvalue weighted by Gasteiger charge is 2.08. The molecule has 0 aliphatic heterocycles. The van der Waals surface area contributed by atoms with Crippen molar-refractivity contribution in [2.24, 2.45) is 0 Å². The molecule has 0 unspecified atom stereocenters. The monoisotopic (exact) mass is 380 g/mol. The number of nitrogens with zero attached hydrogens (tertiary/aromatic N) is 3. The van der Waals surface area contributed by atoms with Crippen molar-refractivity contribution in [1.29, 1.82) is 0 Å². The number of aromatic nitrogens is 3. The van der Waals surface area contributed by atoms with E-state index in [1.54, 1.807) is 18.4 Å². The molecule has 0 aliphatic rings. The van der Waals surface area contributed by atoms with Gasteiger partial charge in [-0.15, -0.1) is 11.3 Å². The molecule has 1 aromatic carbocycles. The van der Waals surface area contributed by atoms with Crippen molar-refractivity contribution in [3.63, 3.8) is 0 Å². The second-order valence-electron chi connectivity index (χ2n) is 5.37. The molecule has 0 fully saturated rings. The lowest BCUT2D eigenvalue weighted by molar-refractivity contribution is 0.246. The SMILES string of the molecule is COc1ccc(-c2nc(=S)n(CN(C)Cc3ccc(Cl)s3)[nH]2)cc1. The van der Waals surface area contributed by atoms with E-state index in [-0.39, 0.29) is 0 Å². The van der Waals surface area contributed by atoms with Crippen LogP contribution in [0.25, 0.3) is 11.4 Å². The standard InChI is InChI=1S/C16H17ClN4OS2/c1-20(9-13-7-8-14(17)24-13)10-21-16(23)18-15(19-21)11-3-5-12(22-2)6-4-11/h3-8H,9-10H2,1-2H3,(H,18,19,23). The summed E-state index contributed by atoms with van der Waals surface area (Å²) in [6, 6.07) is 11.7. The Morgan fingerprint density at radius 2 is 2.04 bits per heavy atom. The molecule has 0 radical (unpaired) electrons. The van der Waals surface area contributed by atoms with Crippen LogP contribution in [0, 0.1) is 4.77 Å². The number of hydrogen-bond acceptors (Lipinski definition) is 5. The fraction of sp³-hybridized carbons (Fsp3) is 0.250. The molecule has 0 aliphatic carbocycles. The Kier molecular flexibility index (Phi) is 5.35. The van der Waals surface area contributed by atoms with Crippen LogP contribution in [-0.2, 0) is 13.2 Å². The van der Waals surface area contributed by atoms with Gasteiger partial charge < -0.3 is 4.74 Å². The number of halogens is 1. The lowest BCUT2D eigenvalue weighted by Crippen LogP contribution is -2.22. The molecule has 3 rings (SSSR count). The molecule has 0 amide bonds. The zero-order valence-electron chi connectivity index (χ0n) is 13.3. The Bertz CT molecular complexity index is 869. The quantitative estimate of drug-likeness (QED) is 0.643. The minimum Gasteiger partial charge on any atom is -0.497 e. The van der Waals surface area contributed by atoms with E-state index in [1.165, 1.54) is 4.88 Å². The van der Waals surface area contributed by atoms with E-state index in [0.717, 1.165) is 28.0 Å². The van der Waals surface area contributed by atoms with Gasteiger partial charge in [-0.1, -0.05) is 11.6 Å². The molecule has 2 heterocycles. The Hall–Kier alpha value is -1.67. The molecule has 24 heavy (non-hydrogen) atoms. The second kappa shape index (κ2) is 7.48. The summed E-state index contributed by atoms with van der Waals surface area (Å²) in [6.45, 7) is 1.42. The van der Waals surface area contributed by atoms with Crippen molar-refractivity contribution in [2.75, 3.05) is 14.2 Å². The molecule has 8 heteroatoms. The average Bonchev–Trinajstić information content (AvgIpc) is 3.13. The van der Waals surface area contributed by atoms with Crippen LogP contribution in [0.4, 0.5) is 0 Å². The molecular weight excluding hydrogens is 364 g/mol. The minimum atomic E-state index is 0.525. The molecule has 0 saturated heterocycles. The van der Waals surface area contributed by atoms with Crippen LogP contribution < -0.4 is 4.74 Å². The first-order valence-electron chi connectivity index (χ1n) is 7.29. The van der Waals surface area contributed by atoms with Crippen LogP contribution in [0.15, 0.2) is 36.4 Å². The summed E-state index contributed by atoms with van der Waals surface area (Å²) >= 11 is 12.9. The van der Waals surface area contributed by atoms with Gasteiger partial charge in [0.2, 0.25) is 4.77 Å². The van der Waals surface area contributed by atoms with E-state index < -0.39 is 0 Å². The highest BCUT2D eigenvalue weighted by molar-refractivity contribution is 7.71. The van der Waals surface area contributed by atoms with E-state index >= 15 is 0 Å². The van der Waals surface area contributed by atoms with Crippen molar-refractivity contribution in [1.82, 2.24) is 19.7 Å². The Balaban J connectivity index is 1.72. The van der Waals surface area contributed by atoms with Crippen molar-refractivity contribution in [3.05, 3.63) is 50.4 Å². The number of nitrogens with one attached hydrogen (secondary N) is 1. The van der Waals surface area contributed by atoms with Gasteiger partial charge in [-0.25, -0.2) is 4.68 Å². The predicted octanol–water partition coefficient (Wildman–Crippen LogP) is 4.42. The van der Waals surface area contributed by atoms with Crippen LogP contribution in [0.2, 0.25) is 4.34 Å². The largest absolute Gasteiger partial charge is 0.497 e. The lowest BCUT2D eigenvalue weighted by atomic mass is 10.2. The first kappa shape index (κ1) is 17.2. The molecule has 2 aromatic heterocycles. The summed E-state index contributed by atoms with van der Waals surface area (Å²) in [5.74, 6) is 1.56. The third-order valence-corrected chi connectivity index (χ3v) is 5.01. The maximum absolute atomic E-state index is 5.98. The average molecular weight is 381 g/mol. The predicted molar refractivity (Wildman–Crippen MR) is 100 cm³/mol. The summed E-state index contributed by atoms with van der Waals surface area (Å²) in [5.41, 5.74) is 0.966.